The summed E-state index contributed by atoms with van der Waals surface area (Å²) in [4.78, 5) is 53.2. The number of carbonyl (C=O) groups excluding carboxylic acids is 4. The molecule has 1 saturated carbocycles. The number of benzene rings is 1. The Morgan fingerprint density at radius 3 is 2.31 bits per heavy atom. The van der Waals surface area contributed by atoms with Crippen LogP contribution in [0.2, 0.25) is 0 Å². The zero-order valence-electron chi connectivity index (χ0n) is 22.2. The number of amides is 4. The summed E-state index contributed by atoms with van der Waals surface area (Å²) in [5, 5.41) is 5.59. The first-order valence-corrected chi connectivity index (χ1v) is 12.3. The Morgan fingerprint density at radius 2 is 1.81 bits per heavy atom. The summed E-state index contributed by atoms with van der Waals surface area (Å²) in [6.45, 7) is 14.5. The molecule has 0 spiro atoms. The SMILES string of the molecule is C=Cc1cccc(C(C(=O)NC(C)(C)C)N(C(=O)C(CCC(N)=O)NC(=O)OC(C)(C)C)C2CC2)c1. The lowest BCUT2D eigenvalue weighted by Gasteiger charge is -2.36. The van der Waals surface area contributed by atoms with Crippen LogP contribution in [0.4, 0.5) is 4.79 Å². The number of alkyl carbamates (subject to hydrolysis) is 1. The molecule has 0 bridgehead atoms. The van der Waals surface area contributed by atoms with Crippen LogP contribution in [0.25, 0.3) is 6.08 Å². The molecule has 0 aliphatic heterocycles. The molecular weight excluding hydrogens is 460 g/mol. The van der Waals surface area contributed by atoms with Crippen molar-refractivity contribution in [3.63, 3.8) is 0 Å². The van der Waals surface area contributed by atoms with Gasteiger partial charge in [-0.25, -0.2) is 4.79 Å². The molecule has 2 unspecified atom stereocenters. The second-order valence-electron chi connectivity index (χ2n) is 11.2. The topological polar surface area (TPSA) is 131 Å². The van der Waals surface area contributed by atoms with E-state index >= 15 is 0 Å². The summed E-state index contributed by atoms with van der Waals surface area (Å²) >= 11 is 0. The van der Waals surface area contributed by atoms with E-state index in [1.54, 1.807) is 32.9 Å². The first kappa shape index (κ1) is 28.9. The molecule has 9 nitrogen and oxygen atoms in total. The molecule has 0 aromatic heterocycles. The van der Waals surface area contributed by atoms with E-state index in [1.807, 2.05) is 39.0 Å². The van der Waals surface area contributed by atoms with Gasteiger partial charge in [0.25, 0.3) is 0 Å². The van der Waals surface area contributed by atoms with Gasteiger partial charge in [-0.05, 0) is 78.0 Å². The molecule has 4 amide bonds. The van der Waals surface area contributed by atoms with Gasteiger partial charge in [-0.2, -0.15) is 0 Å². The van der Waals surface area contributed by atoms with E-state index in [2.05, 4.69) is 17.2 Å². The monoisotopic (exact) mass is 500 g/mol. The van der Waals surface area contributed by atoms with Crippen molar-refractivity contribution in [2.24, 2.45) is 5.73 Å². The summed E-state index contributed by atoms with van der Waals surface area (Å²) in [6.07, 6.45) is 2.20. The molecule has 9 heteroatoms. The summed E-state index contributed by atoms with van der Waals surface area (Å²) in [5.41, 5.74) is 5.46. The number of rotatable bonds is 10. The molecular formula is C27H40N4O5. The average Bonchev–Trinajstić information content (AvgIpc) is 3.56. The fraction of sp³-hybridized carbons (Fsp3) is 0.556. The molecule has 1 aromatic carbocycles. The summed E-state index contributed by atoms with van der Waals surface area (Å²) in [7, 11) is 0. The third-order valence-corrected chi connectivity index (χ3v) is 5.35. The maximum absolute atomic E-state index is 14.0. The maximum Gasteiger partial charge on any atom is 0.408 e. The van der Waals surface area contributed by atoms with E-state index < -0.39 is 41.1 Å². The third kappa shape index (κ3) is 9.02. The maximum atomic E-state index is 14.0. The van der Waals surface area contributed by atoms with Gasteiger partial charge in [-0.1, -0.05) is 30.9 Å². The van der Waals surface area contributed by atoms with Crippen molar-refractivity contribution in [1.82, 2.24) is 15.5 Å². The number of nitrogens with two attached hydrogens (primary N) is 1. The second-order valence-corrected chi connectivity index (χ2v) is 11.2. The van der Waals surface area contributed by atoms with E-state index in [4.69, 9.17) is 10.5 Å². The van der Waals surface area contributed by atoms with Gasteiger partial charge in [-0.15, -0.1) is 0 Å². The Balaban J connectivity index is 2.50. The van der Waals surface area contributed by atoms with Crippen LogP contribution >= 0.6 is 0 Å². The van der Waals surface area contributed by atoms with Crippen LogP contribution in [0, 0.1) is 0 Å². The number of primary amides is 1. The molecule has 0 radical (unpaired) electrons. The number of carbonyl (C=O) groups is 4. The van der Waals surface area contributed by atoms with Crippen molar-refractivity contribution in [2.45, 2.75) is 96.5 Å². The molecule has 198 valence electrons. The third-order valence-electron chi connectivity index (χ3n) is 5.35. The number of nitrogens with zero attached hydrogens (tertiary/aromatic N) is 1. The molecule has 1 aromatic rings. The van der Waals surface area contributed by atoms with Crippen molar-refractivity contribution in [1.29, 1.82) is 0 Å². The highest BCUT2D eigenvalue weighted by Crippen LogP contribution is 2.36. The van der Waals surface area contributed by atoms with E-state index in [1.165, 1.54) is 4.90 Å². The number of nitrogens with one attached hydrogen (secondary N) is 2. The Kier molecular flexibility index (Phi) is 9.29. The van der Waals surface area contributed by atoms with Gasteiger partial charge in [0, 0.05) is 18.0 Å². The van der Waals surface area contributed by atoms with Crippen LogP contribution in [-0.4, -0.2) is 51.9 Å². The van der Waals surface area contributed by atoms with E-state index in [-0.39, 0.29) is 24.8 Å². The molecule has 4 N–H and O–H groups in total. The van der Waals surface area contributed by atoms with E-state index in [9.17, 15) is 19.2 Å². The molecule has 2 atom stereocenters. The quantitative estimate of drug-likeness (QED) is 0.453. The van der Waals surface area contributed by atoms with Gasteiger partial charge in [-0.3, -0.25) is 14.4 Å². The number of hydrogen-bond donors (Lipinski definition) is 3. The first-order chi connectivity index (χ1) is 16.6. The van der Waals surface area contributed by atoms with Crippen LogP contribution in [0.3, 0.4) is 0 Å². The Bertz CT molecular complexity index is 989. The van der Waals surface area contributed by atoms with Crippen LogP contribution in [-0.2, 0) is 19.1 Å². The summed E-state index contributed by atoms with van der Waals surface area (Å²) < 4.78 is 5.34. The predicted octanol–water partition coefficient (Wildman–Crippen LogP) is 3.44. The normalized spacial score (nSPS) is 15.3. The van der Waals surface area contributed by atoms with Gasteiger partial charge in [0.1, 0.15) is 17.7 Å². The van der Waals surface area contributed by atoms with Crippen molar-refractivity contribution in [2.75, 3.05) is 0 Å². The predicted molar refractivity (Wildman–Crippen MR) is 139 cm³/mol. The van der Waals surface area contributed by atoms with Crippen molar-refractivity contribution in [3.05, 3.63) is 42.0 Å². The lowest BCUT2D eigenvalue weighted by molar-refractivity contribution is -0.144. The molecule has 1 aliphatic rings. The standard InChI is InChI=1S/C27H40N4O5/c1-8-17-10-9-11-18(16-17)22(23(33)30-26(2,3)4)31(19-12-13-19)24(34)20(14-15-21(28)32)29-25(35)36-27(5,6)7/h8-11,16,19-20,22H,1,12-15H2,2-7H3,(H2,28,32)(H,29,35)(H,30,33). The fourth-order valence-electron chi connectivity index (χ4n) is 3.78. The highest BCUT2D eigenvalue weighted by atomic mass is 16.6. The van der Waals surface area contributed by atoms with Crippen LogP contribution < -0.4 is 16.4 Å². The first-order valence-electron chi connectivity index (χ1n) is 12.3. The number of hydrogen-bond acceptors (Lipinski definition) is 5. The van der Waals surface area contributed by atoms with Crippen molar-refractivity contribution in [3.8, 4) is 0 Å². The van der Waals surface area contributed by atoms with E-state index in [0.29, 0.717) is 5.56 Å². The highest BCUT2D eigenvalue weighted by Gasteiger charge is 2.44. The number of ether oxygens (including phenoxy) is 1. The van der Waals surface area contributed by atoms with Crippen LogP contribution in [0.15, 0.2) is 30.8 Å². The lowest BCUT2D eigenvalue weighted by atomic mass is 9.98. The molecule has 36 heavy (non-hydrogen) atoms. The van der Waals surface area contributed by atoms with Crippen molar-refractivity contribution < 1.29 is 23.9 Å². The summed E-state index contributed by atoms with van der Waals surface area (Å²) in [5.74, 6) is -1.41. The zero-order valence-corrected chi connectivity index (χ0v) is 22.2. The largest absolute Gasteiger partial charge is 0.444 e. The zero-order chi connectivity index (χ0) is 27.3. The molecule has 0 saturated heterocycles. The molecule has 2 rings (SSSR count). The summed E-state index contributed by atoms with van der Waals surface area (Å²) in [6, 6.07) is 5.06. The molecule has 1 aliphatic carbocycles. The van der Waals surface area contributed by atoms with Crippen molar-refractivity contribution >= 4 is 29.9 Å². The van der Waals surface area contributed by atoms with Gasteiger partial charge < -0.3 is 26.0 Å². The minimum absolute atomic E-state index is 0.0169. The van der Waals surface area contributed by atoms with Gasteiger partial charge in [0.2, 0.25) is 17.7 Å². The second kappa shape index (κ2) is 11.6. The highest BCUT2D eigenvalue weighted by molar-refractivity contribution is 5.93. The van der Waals surface area contributed by atoms with Crippen LogP contribution in [0.1, 0.15) is 84.4 Å². The van der Waals surface area contributed by atoms with Gasteiger partial charge in [0.15, 0.2) is 0 Å². The smallest absolute Gasteiger partial charge is 0.408 e. The average molecular weight is 501 g/mol. The minimum Gasteiger partial charge on any atom is -0.444 e. The minimum atomic E-state index is -1.10. The molecule has 1 fully saturated rings. The fourth-order valence-corrected chi connectivity index (χ4v) is 3.78. The lowest BCUT2D eigenvalue weighted by Crippen LogP contribution is -2.55. The van der Waals surface area contributed by atoms with E-state index in [0.717, 1.165) is 18.4 Å². The Morgan fingerprint density at radius 1 is 1.17 bits per heavy atom. The van der Waals surface area contributed by atoms with Crippen LogP contribution in [0.5, 0.6) is 0 Å². The molecule has 0 heterocycles. The van der Waals surface area contributed by atoms with Gasteiger partial charge >= 0.3 is 6.09 Å². The Hall–Kier alpha value is -3.36. The Labute approximate surface area is 213 Å². The van der Waals surface area contributed by atoms with Gasteiger partial charge in [0.05, 0.1) is 0 Å².